The summed E-state index contributed by atoms with van der Waals surface area (Å²) in [5, 5.41) is 9.32. The third-order valence-corrected chi connectivity index (χ3v) is 4.86. The number of hydrogen-bond donors (Lipinski definition) is 3. The van der Waals surface area contributed by atoms with Crippen LogP contribution in [-0.4, -0.2) is 43.5 Å². The molecule has 1 aliphatic rings. The largest absolute Gasteiger partial charge is 0.383 e. The fourth-order valence-electron chi connectivity index (χ4n) is 3.28. The number of amides is 1. The van der Waals surface area contributed by atoms with Crippen LogP contribution in [0.15, 0.2) is 67.0 Å². The molecule has 1 aromatic carbocycles. The average Bonchev–Trinajstić information content (AvgIpc) is 3.01. The Labute approximate surface area is 163 Å². The first-order chi connectivity index (χ1) is 12.9. The summed E-state index contributed by atoms with van der Waals surface area (Å²) in [5.74, 6) is 0.491. The first kappa shape index (κ1) is 20.8. The van der Waals surface area contributed by atoms with E-state index in [0.29, 0.717) is 37.2 Å². The topological polar surface area (TPSA) is 56.4 Å². The van der Waals surface area contributed by atoms with Crippen LogP contribution in [-0.2, 0) is 11.3 Å². The summed E-state index contributed by atoms with van der Waals surface area (Å²) in [4.78, 5) is 14.5. The minimum Gasteiger partial charge on any atom is -0.383 e. The first-order valence-electron chi connectivity index (χ1n) is 9.41. The van der Waals surface area contributed by atoms with Crippen molar-refractivity contribution in [3.8, 4) is 0 Å². The van der Waals surface area contributed by atoms with Crippen molar-refractivity contribution in [1.82, 2.24) is 20.9 Å². The van der Waals surface area contributed by atoms with Gasteiger partial charge in [-0.1, -0.05) is 57.0 Å². The Morgan fingerprint density at radius 1 is 1.11 bits per heavy atom. The number of benzene rings is 1. The van der Waals surface area contributed by atoms with E-state index < -0.39 is 0 Å². The van der Waals surface area contributed by atoms with E-state index in [1.165, 1.54) is 5.56 Å². The number of rotatable bonds is 10. The monoisotopic (exact) mass is 368 g/mol. The summed E-state index contributed by atoms with van der Waals surface area (Å²) in [7, 11) is 2.11. The van der Waals surface area contributed by atoms with Gasteiger partial charge >= 0.3 is 0 Å². The molecule has 0 saturated carbocycles. The smallest absolute Gasteiger partial charge is 0.248 e. The van der Waals surface area contributed by atoms with E-state index in [4.69, 9.17) is 0 Å². The predicted molar refractivity (Wildman–Crippen MR) is 112 cm³/mol. The minimum absolute atomic E-state index is 0.175. The third kappa shape index (κ3) is 6.61. The molecule has 1 amide bonds. The van der Waals surface area contributed by atoms with Gasteiger partial charge in [0, 0.05) is 42.6 Å². The molecule has 2 atom stereocenters. The van der Waals surface area contributed by atoms with E-state index in [2.05, 4.69) is 54.6 Å². The fourth-order valence-corrected chi connectivity index (χ4v) is 3.28. The molecule has 1 heterocycles. The van der Waals surface area contributed by atoms with E-state index in [1.807, 2.05) is 30.3 Å². The van der Waals surface area contributed by atoms with Gasteiger partial charge in [0.2, 0.25) is 5.91 Å². The molecule has 1 fully saturated rings. The Balaban J connectivity index is 1.65. The van der Waals surface area contributed by atoms with Crippen LogP contribution in [0.1, 0.15) is 18.9 Å². The highest BCUT2D eigenvalue weighted by Gasteiger charge is 2.28. The van der Waals surface area contributed by atoms with Gasteiger partial charge in [0.15, 0.2) is 0 Å². The molecule has 1 unspecified atom stereocenters. The highest BCUT2D eigenvalue weighted by atomic mass is 16.1. The van der Waals surface area contributed by atoms with Gasteiger partial charge in [-0.3, -0.25) is 9.69 Å². The van der Waals surface area contributed by atoms with Gasteiger partial charge in [0.1, 0.15) is 0 Å². The summed E-state index contributed by atoms with van der Waals surface area (Å²) in [6.45, 7) is 16.7. The summed E-state index contributed by atoms with van der Waals surface area (Å²) < 4.78 is 0. The van der Waals surface area contributed by atoms with E-state index in [-0.39, 0.29) is 5.91 Å². The Hall–Kier alpha value is -2.53. The molecule has 5 heteroatoms. The highest BCUT2D eigenvalue weighted by molar-refractivity contribution is 5.93. The molecular weight excluding hydrogens is 336 g/mol. The zero-order chi connectivity index (χ0) is 19.8. The van der Waals surface area contributed by atoms with E-state index in [0.717, 1.165) is 24.4 Å². The average molecular weight is 369 g/mol. The van der Waals surface area contributed by atoms with Crippen LogP contribution in [0, 0.1) is 5.92 Å². The molecule has 5 nitrogen and oxygen atoms in total. The summed E-state index contributed by atoms with van der Waals surface area (Å²) in [6, 6.07) is 10.4. The van der Waals surface area contributed by atoms with Crippen LogP contribution in [0.5, 0.6) is 0 Å². The maximum absolute atomic E-state index is 12.2. The van der Waals surface area contributed by atoms with Crippen LogP contribution in [0.25, 0.3) is 0 Å². The van der Waals surface area contributed by atoms with E-state index in [1.54, 1.807) is 0 Å². The number of likely N-dealkylation sites (tertiary alicyclic amines) is 1. The van der Waals surface area contributed by atoms with Crippen molar-refractivity contribution in [3.05, 3.63) is 72.6 Å². The zero-order valence-corrected chi connectivity index (χ0v) is 16.6. The van der Waals surface area contributed by atoms with Gasteiger partial charge in [-0.15, -0.1) is 0 Å². The molecule has 3 N–H and O–H groups in total. The van der Waals surface area contributed by atoms with Crippen molar-refractivity contribution in [1.29, 1.82) is 0 Å². The lowest BCUT2D eigenvalue weighted by Gasteiger charge is -2.23. The van der Waals surface area contributed by atoms with Crippen molar-refractivity contribution in [2.75, 3.05) is 26.7 Å². The van der Waals surface area contributed by atoms with Crippen molar-refractivity contribution in [3.63, 3.8) is 0 Å². The molecule has 0 bridgehead atoms. The molecule has 0 spiro atoms. The Kier molecular flexibility index (Phi) is 7.67. The molecule has 1 aromatic rings. The number of nitrogens with zero attached hydrogens (tertiary/aromatic N) is 1. The standard InChI is InChI=1S/C22H32N4O/c1-16-11-21(26(5)15-16)19(4)24-12-17(2)22(27)25-13-18(3)23-14-20-9-7-6-8-10-20/h6-10,16,21,23-24H,2-4,11-15H2,1,5H3,(H,25,27)/t16-,21?/m1/s1. The van der Waals surface area contributed by atoms with Crippen molar-refractivity contribution in [2.45, 2.75) is 25.9 Å². The lowest BCUT2D eigenvalue weighted by Crippen LogP contribution is -2.36. The number of carbonyl (C=O) groups excluding carboxylic acids is 1. The number of nitrogens with one attached hydrogen (secondary N) is 3. The number of likely N-dealkylation sites (N-methyl/N-ethyl adjacent to an activating group) is 1. The molecule has 146 valence electrons. The second kappa shape index (κ2) is 9.97. The quantitative estimate of drug-likeness (QED) is 0.555. The van der Waals surface area contributed by atoms with Crippen LogP contribution < -0.4 is 16.0 Å². The summed E-state index contributed by atoms with van der Waals surface area (Å²) >= 11 is 0. The van der Waals surface area contributed by atoms with E-state index >= 15 is 0 Å². The summed E-state index contributed by atoms with van der Waals surface area (Å²) in [6.07, 6.45) is 1.09. The predicted octanol–water partition coefficient (Wildman–Crippen LogP) is 2.41. The normalized spacial score (nSPS) is 19.3. The van der Waals surface area contributed by atoms with Gasteiger partial charge in [0.05, 0.1) is 6.54 Å². The maximum Gasteiger partial charge on any atom is 0.248 e. The van der Waals surface area contributed by atoms with Gasteiger partial charge in [0.25, 0.3) is 0 Å². The van der Waals surface area contributed by atoms with Crippen molar-refractivity contribution < 1.29 is 4.79 Å². The van der Waals surface area contributed by atoms with Gasteiger partial charge < -0.3 is 16.0 Å². The second-order valence-electron chi connectivity index (χ2n) is 7.40. The van der Waals surface area contributed by atoms with Crippen LogP contribution in [0.2, 0.25) is 0 Å². The molecule has 0 aliphatic carbocycles. The molecular formula is C22H32N4O. The van der Waals surface area contributed by atoms with Gasteiger partial charge in [-0.05, 0) is 24.9 Å². The zero-order valence-electron chi connectivity index (χ0n) is 16.6. The van der Waals surface area contributed by atoms with Crippen LogP contribution in [0.4, 0.5) is 0 Å². The van der Waals surface area contributed by atoms with Gasteiger partial charge in [-0.2, -0.15) is 0 Å². The minimum atomic E-state index is -0.175. The van der Waals surface area contributed by atoms with Gasteiger partial charge in [-0.25, -0.2) is 0 Å². The first-order valence-corrected chi connectivity index (χ1v) is 9.41. The summed E-state index contributed by atoms with van der Waals surface area (Å²) in [5.41, 5.74) is 3.37. The lowest BCUT2D eigenvalue weighted by atomic mass is 10.1. The lowest BCUT2D eigenvalue weighted by molar-refractivity contribution is -0.117. The Bertz CT molecular complexity index is 683. The SMILES string of the molecule is C=C(CNC(=O)C(=C)CNC(=C)C1C[C@@H](C)CN1C)NCc1ccccc1. The van der Waals surface area contributed by atoms with Crippen molar-refractivity contribution in [2.24, 2.45) is 5.92 Å². The third-order valence-electron chi connectivity index (χ3n) is 4.86. The van der Waals surface area contributed by atoms with Crippen LogP contribution >= 0.6 is 0 Å². The number of carbonyl (C=O) groups is 1. The molecule has 2 rings (SSSR count). The van der Waals surface area contributed by atoms with Crippen molar-refractivity contribution >= 4 is 5.91 Å². The molecule has 0 radical (unpaired) electrons. The Morgan fingerprint density at radius 3 is 2.44 bits per heavy atom. The molecule has 1 aliphatic heterocycles. The molecule has 1 saturated heterocycles. The fraction of sp³-hybridized carbons (Fsp3) is 0.409. The van der Waals surface area contributed by atoms with E-state index in [9.17, 15) is 4.79 Å². The molecule has 27 heavy (non-hydrogen) atoms. The molecule has 0 aromatic heterocycles. The van der Waals surface area contributed by atoms with Crippen LogP contribution in [0.3, 0.4) is 0 Å². The maximum atomic E-state index is 12.2. The number of hydrogen-bond acceptors (Lipinski definition) is 4. The Morgan fingerprint density at radius 2 is 1.81 bits per heavy atom. The highest BCUT2D eigenvalue weighted by Crippen LogP contribution is 2.24. The second-order valence-corrected chi connectivity index (χ2v) is 7.40.